The first-order valence-corrected chi connectivity index (χ1v) is 6.93. The van der Waals surface area contributed by atoms with E-state index >= 15 is 0 Å². The van der Waals surface area contributed by atoms with Crippen LogP contribution in [0.1, 0.15) is 5.69 Å². The Balaban J connectivity index is 1.93. The first kappa shape index (κ1) is 14.7. The molecule has 0 bridgehead atoms. The molecule has 3 rings (SSSR count). The van der Waals surface area contributed by atoms with Crippen molar-refractivity contribution in [2.24, 2.45) is 7.05 Å². The Labute approximate surface area is 130 Å². The van der Waals surface area contributed by atoms with E-state index in [-0.39, 0.29) is 5.82 Å². The van der Waals surface area contributed by atoms with Gasteiger partial charge in [-0.2, -0.15) is 0 Å². The van der Waals surface area contributed by atoms with Crippen LogP contribution in [0.5, 0.6) is 0 Å². The quantitative estimate of drug-likeness (QED) is 0.556. The van der Waals surface area contributed by atoms with Crippen LogP contribution < -0.4 is 10.9 Å². The van der Waals surface area contributed by atoms with Gasteiger partial charge in [0.1, 0.15) is 5.65 Å². The first-order chi connectivity index (χ1) is 11.1. The van der Waals surface area contributed by atoms with Crippen molar-refractivity contribution in [3.8, 4) is 0 Å². The Hall–Kier alpha value is -3.23. The summed E-state index contributed by atoms with van der Waals surface area (Å²) < 4.78 is 3.02. The number of pyridine rings is 1. The van der Waals surface area contributed by atoms with Crippen molar-refractivity contribution in [3.63, 3.8) is 0 Å². The maximum absolute atomic E-state index is 12.3. The highest BCUT2D eigenvalue weighted by atomic mass is 16.6. The summed E-state index contributed by atoms with van der Waals surface area (Å²) in [6.45, 7) is 0.399. The lowest BCUT2D eigenvalue weighted by Gasteiger charge is -2.08. The van der Waals surface area contributed by atoms with E-state index in [2.05, 4.69) is 15.3 Å². The predicted octanol–water partition coefficient (Wildman–Crippen LogP) is 0.991. The van der Waals surface area contributed by atoms with E-state index in [1.54, 1.807) is 30.7 Å². The number of aryl methyl sites for hydroxylation is 1. The molecule has 0 aliphatic rings. The zero-order valence-corrected chi connectivity index (χ0v) is 12.3. The molecule has 0 aliphatic carbocycles. The van der Waals surface area contributed by atoms with Crippen LogP contribution in [0.4, 0.5) is 11.5 Å². The number of imidazole rings is 1. The molecule has 0 radical (unpaired) electrons. The lowest BCUT2D eigenvalue weighted by atomic mass is 10.3. The zero-order chi connectivity index (χ0) is 16.4. The molecular formula is C14H14N6O3. The molecule has 0 aliphatic heterocycles. The normalized spacial score (nSPS) is 10.8. The molecule has 3 aromatic rings. The number of fused-ring (bicyclic) bond motifs is 1. The SMILES string of the molecule is Cn1cncc1CCNc1nc2ccccn2c(=O)c1[N+](=O)[O-]. The van der Waals surface area contributed by atoms with E-state index in [1.807, 2.05) is 11.6 Å². The fraction of sp³-hybridized carbons (Fsp3) is 0.214. The molecule has 0 amide bonds. The van der Waals surface area contributed by atoms with E-state index < -0.39 is 16.2 Å². The van der Waals surface area contributed by atoms with Crippen molar-refractivity contribution in [1.82, 2.24) is 18.9 Å². The molecule has 0 fully saturated rings. The minimum absolute atomic E-state index is 0.0200. The topological polar surface area (TPSA) is 107 Å². The molecule has 0 saturated heterocycles. The standard InChI is InChI=1S/C14H14N6O3/c1-18-9-15-8-10(18)5-6-16-13-12(20(22)23)14(21)19-7-3-2-4-11(19)17-13/h2-4,7-9,16H,5-6H2,1H3. The largest absolute Gasteiger partial charge is 0.376 e. The second-order valence-corrected chi connectivity index (χ2v) is 4.97. The molecule has 0 unspecified atom stereocenters. The Morgan fingerprint density at radius 1 is 1.39 bits per heavy atom. The molecule has 9 heteroatoms. The van der Waals surface area contributed by atoms with Gasteiger partial charge in [0.05, 0.1) is 11.3 Å². The highest BCUT2D eigenvalue weighted by Crippen LogP contribution is 2.17. The summed E-state index contributed by atoms with van der Waals surface area (Å²) in [5.74, 6) is -0.0200. The second kappa shape index (κ2) is 5.87. The zero-order valence-electron chi connectivity index (χ0n) is 12.3. The van der Waals surface area contributed by atoms with Crippen LogP contribution in [-0.2, 0) is 13.5 Å². The van der Waals surface area contributed by atoms with Gasteiger partial charge in [-0.1, -0.05) is 6.07 Å². The number of rotatable bonds is 5. The molecule has 0 saturated carbocycles. The van der Waals surface area contributed by atoms with Crippen molar-refractivity contribution in [2.45, 2.75) is 6.42 Å². The number of hydrogen-bond acceptors (Lipinski definition) is 6. The van der Waals surface area contributed by atoms with Crippen LogP contribution in [-0.4, -0.2) is 30.4 Å². The van der Waals surface area contributed by atoms with Crippen molar-refractivity contribution >= 4 is 17.2 Å². The summed E-state index contributed by atoms with van der Waals surface area (Å²) in [6.07, 6.45) is 5.46. The monoisotopic (exact) mass is 314 g/mol. The van der Waals surface area contributed by atoms with Gasteiger partial charge in [0.2, 0.25) is 5.82 Å². The molecule has 118 valence electrons. The molecular weight excluding hydrogens is 300 g/mol. The van der Waals surface area contributed by atoms with Crippen LogP contribution in [0.2, 0.25) is 0 Å². The van der Waals surface area contributed by atoms with Crippen LogP contribution in [0.25, 0.3) is 5.65 Å². The van der Waals surface area contributed by atoms with Crippen LogP contribution in [0.15, 0.2) is 41.7 Å². The van der Waals surface area contributed by atoms with E-state index in [4.69, 9.17) is 0 Å². The summed E-state index contributed by atoms with van der Waals surface area (Å²) in [7, 11) is 1.87. The van der Waals surface area contributed by atoms with Crippen LogP contribution >= 0.6 is 0 Å². The van der Waals surface area contributed by atoms with Gasteiger partial charge in [-0.05, 0) is 12.1 Å². The fourth-order valence-electron chi connectivity index (χ4n) is 2.30. The molecule has 1 N–H and O–H groups in total. The third-order valence-corrected chi connectivity index (χ3v) is 3.48. The van der Waals surface area contributed by atoms with Crippen molar-refractivity contribution in [3.05, 3.63) is 63.1 Å². The van der Waals surface area contributed by atoms with Gasteiger partial charge in [-0.15, -0.1) is 0 Å². The summed E-state index contributed by atoms with van der Waals surface area (Å²) in [6, 6.07) is 4.96. The Bertz CT molecular complexity index is 930. The van der Waals surface area contributed by atoms with E-state index in [1.165, 1.54) is 6.20 Å². The predicted molar refractivity (Wildman–Crippen MR) is 83.5 cm³/mol. The van der Waals surface area contributed by atoms with Crippen molar-refractivity contribution in [1.29, 1.82) is 0 Å². The number of hydrogen-bond donors (Lipinski definition) is 1. The van der Waals surface area contributed by atoms with Crippen LogP contribution in [0, 0.1) is 10.1 Å². The van der Waals surface area contributed by atoms with E-state index in [9.17, 15) is 14.9 Å². The number of nitrogens with one attached hydrogen (secondary N) is 1. The fourth-order valence-corrected chi connectivity index (χ4v) is 2.30. The summed E-state index contributed by atoms with van der Waals surface area (Å²) in [5, 5.41) is 14.1. The number of anilines is 1. The average molecular weight is 314 g/mol. The van der Waals surface area contributed by atoms with Gasteiger partial charge >= 0.3 is 11.2 Å². The molecule has 9 nitrogen and oxygen atoms in total. The van der Waals surface area contributed by atoms with Gasteiger partial charge < -0.3 is 9.88 Å². The molecule has 0 atom stereocenters. The lowest BCUT2D eigenvalue weighted by molar-refractivity contribution is -0.385. The third kappa shape index (κ3) is 2.76. The van der Waals surface area contributed by atoms with E-state index in [0.29, 0.717) is 18.6 Å². The molecule has 0 spiro atoms. The first-order valence-electron chi connectivity index (χ1n) is 6.93. The minimum atomic E-state index is -0.707. The highest BCUT2D eigenvalue weighted by Gasteiger charge is 2.23. The smallest absolute Gasteiger partial charge is 0.364 e. The molecule has 3 heterocycles. The van der Waals surface area contributed by atoms with Gasteiger partial charge in [-0.3, -0.25) is 19.3 Å². The van der Waals surface area contributed by atoms with Gasteiger partial charge in [-0.25, -0.2) is 9.97 Å². The van der Waals surface area contributed by atoms with Gasteiger partial charge in [0, 0.05) is 38.1 Å². The molecule has 23 heavy (non-hydrogen) atoms. The summed E-state index contributed by atoms with van der Waals surface area (Å²) in [5.41, 5.74) is 0.0612. The van der Waals surface area contributed by atoms with E-state index in [0.717, 1.165) is 10.1 Å². The lowest BCUT2D eigenvalue weighted by Crippen LogP contribution is -2.21. The minimum Gasteiger partial charge on any atom is -0.364 e. The second-order valence-electron chi connectivity index (χ2n) is 4.97. The van der Waals surface area contributed by atoms with Gasteiger partial charge in [0.25, 0.3) is 0 Å². The Morgan fingerprint density at radius 3 is 2.91 bits per heavy atom. The maximum atomic E-state index is 12.3. The Kier molecular flexibility index (Phi) is 3.75. The Morgan fingerprint density at radius 2 is 2.22 bits per heavy atom. The van der Waals surface area contributed by atoms with Crippen molar-refractivity contribution < 1.29 is 4.92 Å². The summed E-state index contributed by atoms with van der Waals surface area (Å²) >= 11 is 0. The molecule has 0 aromatic carbocycles. The van der Waals surface area contributed by atoms with Crippen LogP contribution in [0.3, 0.4) is 0 Å². The number of nitro groups is 1. The summed E-state index contributed by atoms with van der Waals surface area (Å²) in [4.78, 5) is 31.0. The molecule has 3 aromatic heterocycles. The third-order valence-electron chi connectivity index (χ3n) is 3.48. The average Bonchev–Trinajstić information content (AvgIpc) is 2.92. The van der Waals surface area contributed by atoms with Gasteiger partial charge in [0.15, 0.2) is 0 Å². The number of nitrogens with zero attached hydrogens (tertiary/aromatic N) is 5. The highest BCUT2D eigenvalue weighted by molar-refractivity contribution is 5.59. The number of aromatic nitrogens is 4. The maximum Gasteiger partial charge on any atom is 0.376 e. The van der Waals surface area contributed by atoms with Crippen molar-refractivity contribution in [2.75, 3.05) is 11.9 Å².